The van der Waals surface area contributed by atoms with Gasteiger partial charge in [0.2, 0.25) is 0 Å². The Morgan fingerprint density at radius 2 is 2.00 bits per heavy atom. The average Bonchev–Trinajstić information content (AvgIpc) is 2.15. The molecule has 15 heavy (non-hydrogen) atoms. The third-order valence-corrected chi connectivity index (χ3v) is 2.56. The lowest BCUT2D eigenvalue weighted by Gasteiger charge is -2.08. The maximum Gasteiger partial charge on any atom is 0.197 e. The number of halogens is 2. The largest absolute Gasteiger partial charge is 0.226 e. The van der Waals surface area contributed by atoms with Crippen molar-refractivity contribution in [3.63, 3.8) is 0 Å². The van der Waals surface area contributed by atoms with E-state index in [9.17, 15) is 4.39 Å². The molecule has 0 atom stereocenters. The van der Waals surface area contributed by atoms with Crippen molar-refractivity contribution < 1.29 is 4.39 Å². The van der Waals surface area contributed by atoms with E-state index < -0.39 is 0 Å². The standard InChI is InChI=1S/C11H10BrFN2/c1-6(2)10-8-4-3-7(13)5-9(8)14-11(12)15-10/h3-6H,1-2H3. The average molecular weight is 269 g/mol. The van der Waals surface area contributed by atoms with Crippen molar-refractivity contribution in [3.05, 3.63) is 34.4 Å². The summed E-state index contributed by atoms with van der Waals surface area (Å²) in [5.74, 6) is 0.0140. The molecule has 0 aliphatic carbocycles. The Morgan fingerprint density at radius 3 is 2.67 bits per heavy atom. The van der Waals surface area contributed by atoms with Crippen molar-refractivity contribution in [1.29, 1.82) is 0 Å². The van der Waals surface area contributed by atoms with E-state index in [4.69, 9.17) is 0 Å². The zero-order valence-electron chi connectivity index (χ0n) is 8.46. The highest BCUT2D eigenvalue weighted by atomic mass is 79.9. The maximum absolute atomic E-state index is 13.0. The molecule has 0 bridgehead atoms. The predicted octanol–water partition coefficient (Wildman–Crippen LogP) is 3.65. The molecule has 0 aliphatic heterocycles. The number of benzene rings is 1. The predicted molar refractivity (Wildman–Crippen MR) is 61.3 cm³/mol. The molecule has 1 aromatic heterocycles. The second-order valence-corrected chi connectivity index (χ2v) is 4.40. The Morgan fingerprint density at radius 1 is 1.27 bits per heavy atom. The lowest BCUT2D eigenvalue weighted by molar-refractivity contribution is 0.629. The number of fused-ring (bicyclic) bond motifs is 1. The Labute approximate surface area is 95.7 Å². The van der Waals surface area contributed by atoms with Gasteiger partial charge in [-0.25, -0.2) is 14.4 Å². The summed E-state index contributed by atoms with van der Waals surface area (Å²) in [5, 5.41) is 0.912. The molecule has 78 valence electrons. The fourth-order valence-corrected chi connectivity index (χ4v) is 1.92. The molecule has 0 radical (unpaired) electrons. The van der Waals surface area contributed by atoms with Crippen molar-refractivity contribution in [2.45, 2.75) is 19.8 Å². The van der Waals surface area contributed by atoms with Gasteiger partial charge in [0.25, 0.3) is 0 Å². The Bertz CT molecular complexity index is 506. The molecule has 0 amide bonds. The quantitative estimate of drug-likeness (QED) is 0.738. The number of hydrogen-bond acceptors (Lipinski definition) is 2. The molecule has 1 aromatic carbocycles. The zero-order chi connectivity index (χ0) is 11.0. The van der Waals surface area contributed by atoms with Gasteiger partial charge in [0, 0.05) is 11.5 Å². The summed E-state index contributed by atoms with van der Waals surface area (Å²) in [4.78, 5) is 8.46. The molecule has 2 aromatic rings. The Hall–Kier alpha value is -1.03. The van der Waals surface area contributed by atoms with Crippen LogP contribution in [0.15, 0.2) is 22.9 Å². The summed E-state index contributed by atoms with van der Waals surface area (Å²) >= 11 is 3.23. The molecule has 0 fully saturated rings. The first-order valence-corrected chi connectivity index (χ1v) is 5.50. The summed E-state index contributed by atoms with van der Waals surface area (Å²) in [6, 6.07) is 4.59. The fourth-order valence-electron chi connectivity index (χ4n) is 1.54. The van der Waals surface area contributed by atoms with Crippen LogP contribution in [-0.2, 0) is 0 Å². The van der Waals surface area contributed by atoms with Gasteiger partial charge >= 0.3 is 0 Å². The molecule has 0 spiro atoms. The van der Waals surface area contributed by atoms with E-state index in [0.717, 1.165) is 11.1 Å². The number of hydrogen-bond donors (Lipinski definition) is 0. The molecule has 0 aliphatic rings. The van der Waals surface area contributed by atoms with E-state index in [1.807, 2.05) is 0 Å². The number of aromatic nitrogens is 2. The molecule has 4 heteroatoms. The second-order valence-electron chi connectivity index (χ2n) is 3.69. The van der Waals surface area contributed by atoms with Crippen LogP contribution in [0.25, 0.3) is 10.9 Å². The Kier molecular flexibility index (Phi) is 2.69. The summed E-state index contributed by atoms with van der Waals surface area (Å²) in [5.41, 5.74) is 1.58. The highest BCUT2D eigenvalue weighted by Gasteiger charge is 2.10. The van der Waals surface area contributed by atoms with Gasteiger partial charge < -0.3 is 0 Å². The first-order valence-electron chi connectivity index (χ1n) is 4.70. The number of nitrogens with zero attached hydrogens (tertiary/aromatic N) is 2. The molecule has 2 rings (SSSR count). The molecular formula is C11H10BrFN2. The van der Waals surface area contributed by atoms with Crippen molar-refractivity contribution in [2.24, 2.45) is 0 Å². The Balaban J connectivity index is 2.80. The van der Waals surface area contributed by atoms with Crippen molar-refractivity contribution >= 4 is 26.8 Å². The molecule has 2 nitrogen and oxygen atoms in total. The minimum atomic E-state index is -0.275. The minimum Gasteiger partial charge on any atom is -0.226 e. The van der Waals surface area contributed by atoms with Gasteiger partial charge in [-0.1, -0.05) is 13.8 Å². The molecule has 0 saturated heterocycles. The van der Waals surface area contributed by atoms with Gasteiger partial charge in [-0.2, -0.15) is 0 Å². The van der Waals surface area contributed by atoms with Crippen LogP contribution in [0.3, 0.4) is 0 Å². The zero-order valence-corrected chi connectivity index (χ0v) is 10.0. The molecule has 0 saturated carbocycles. The molecular weight excluding hydrogens is 259 g/mol. The van der Waals surface area contributed by atoms with Crippen LogP contribution >= 0.6 is 15.9 Å². The minimum absolute atomic E-state index is 0.275. The van der Waals surface area contributed by atoms with Crippen molar-refractivity contribution in [1.82, 2.24) is 9.97 Å². The van der Waals surface area contributed by atoms with Crippen LogP contribution < -0.4 is 0 Å². The first-order chi connectivity index (χ1) is 7.08. The summed E-state index contributed by atoms with van der Waals surface area (Å²) < 4.78 is 13.5. The van der Waals surface area contributed by atoms with Gasteiger partial charge in [0.15, 0.2) is 4.73 Å². The lowest BCUT2D eigenvalue weighted by atomic mass is 10.0. The summed E-state index contributed by atoms with van der Waals surface area (Å²) in [6.07, 6.45) is 0. The van der Waals surface area contributed by atoms with Crippen LogP contribution in [0.4, 0.5) is 4.39 Å². The van der Waals surface area contributed by atoms with E-state index >= 15 is 0 Å². The number of rotatable bonds is 1. The van der Waals surface area contributed by atoms with Crippen LogP contribution in [0.5, 0.6) is 0 Å². The normalized spacial score (nSPS) is 11.3. The van der Waals surface area contributed by atoms with E-state index in [1.165, 1.54) is 12.1 Å². The van der Waals surface area contributed by atoms with Crippen molar-refractivity contribution in [2.75, 3.05) is 0 Å². The van der Waals surface area contributed by atoms with Crippen LogP contribution in [0.1, 0.15) is 25.5 Å². The topological polar surface area (TPSA) is 25.8 Å². The van der Waals surface area contributed by atoms with Gasteiger partial charge in [0.1, 0.15) is 5.82 Å². The molecule has 0 unspecified atom stereocenters. The van der Waals surface area contributed by atoms with Crippen LogP contribution in [0, 0.1) is 5.82 Å². The van der Waals surface area contributed by atoms with E-state index in [2.05, 4.69) is 39.7 Å². The van der Waals surface area contributed by atoms with Crippen LogP contribution in [-0.4, -0.2) is 9.97 Å². The van der Waals surface area contributed by atoms with Crippen LogP contribution in [0.2, 0.25) is 0 Å². The van der Waals surface area contributed by atoms with Crippen molar-refractivity contribution in [3.8, 4) is 0 Å². The smallest absolute Gasteiger partial charge is 0.197 e. The highest BCUT2D eigenvalue weighted by Crippen LogP contribution is 2.24. The summed E-state index contributed by atoms with van der Waals surface area (Å²) in [7, 11) is 0. The van der Waals surface area contributed by atoms with E-state index in [-0.39, 0.29) is 11.7 Å². The first kappa shape index (κ1) is 10.5. The molecule has 0 N–H and O–H groups in total. The van der Waals surface area contributed by atoms with E-state index in [1.54, 1.807) is 6.07 Å². The second kappa shape index (κ2) is 3.85. The molecule has 1 heterocycles. The summed E-state index contributed by atoms with van der Waals surface area (Å²) in [6.45, 7) is 4.11. The van der Waals surface area contributed by atoms with Gasteiger partial charge in [-0.05, 0) is 34.0 Å². The monoisotopic (exact) mass is 268 g/mol. The van der Waals surface area contributed by atoms with E-state index in [0.29, 0.717) is 10.3 Å². The van der Waals surface area contributed by atoms with Gasteiger partial charge in [-0.3, -0.25) is 0 Å². The SMILES string of the molecule is CC(C)c1nc(Br)nc2cc(F)ccc12. The maximum atomic E-state index is 13.0. The third kappa shape index (κ3) is 2.00. The lowest BCUT2D eigenvalue weighted by Crippen LogP contribution is -1.97. The highest BCUT2D eigenvalue weighted by molar-refractivity contribution is 9.10. The fraction of sp³-hybridized carbons (Fsp3) is 0.273. The third-order valence-electron chi connectivity index (χ3n) is 2.21. The van der Waals surface area contributed by atoms with Gasteiger partial charge in [-0.15, -0.1) is 0 Å². The van der Waals surface area contributed by atoms with Gasteiger partial charge in [0.05, 0.1) is 11.2 Å².